The third-order valence-electron chi connectivity index (χ3n) is 1.95. The molecule has 76 valence electrons. The molecule has 1 aliphatic heterocycles. The molecule has 0 aromatic carbocycles. The maximum Gasteiger partial charge on any atom is 0.122 e. The van der Waals surface area contributed by atoms with Crippen LogP contribution in [0.1, 0.15) is 13.3 Å². The van der Waals surface area contributed by atoms with Crippen molar-refractivity contribution >= 4 is 24.8 Å². The summed E-state index contributed by atoms with van der Waals surface area (Å²) in [6.45, 7) is 4.55. The highest BCUT2D eigenvalue weighted by Gasteiger charge is 2.32. The summed E-state index contributed by atoms with van der Waals surface area (Å²) in [5.41, 5.74) is 4.37. The Morgan fingerprint density at radius 3 is 2.42 bits per heavy atom. The number of likely N-dealkylation sites (tertiary alicyclic amines) is 1. The molecule has 0 bridgehead atoms. The van der Waals surface area contributed by atoms with E-state index in [-0.39, 0.29) is 24.8 Å². The minimum atomic E-state index is -0.963. The van der Waals surface area contributed by atoms with E-state index >= 15 is 0 Å². The van der Waals surface area contributed by atoms with Gasteiger partial charge in [0.1, 0.15) is 5.67 Å². The van der Waals surface area contributed by atoms with Crippen LogP contribution in [0.4, 0.5) is 4.39 Å². The molecule has 5 heteroatoms. The van der Waals surface area contributed by atoms with Crippen molar-refractivity contribution in [1.82, 2.24) is 4.90 Å². The Bertz CT molecular complexity index is 122. The lowest BCUT2D eigenvalue weighted by Crippen LogP contribution is -2.30. The average Bonchev–Trinajstić information content (AvgIpc) is 2.12. The van der Waals surface area contributed by atoms with Crippen LogP contribution in [0.2, 0.25) is 0 Å². The van der Waals surface area contributed by atoms with Gasteiger partial charge in [-0.2, -0.15) is 0 Å². The Kier molecular flexibility index (Phi) is 7.43. The third-order valence-corrected chi connectivity index (χ3v) is 1.95. The molecule has 1 unspecified atom stereocenters. The van der Waals surface area contributed by atoms with Gasteiger partial charge in [-0.3, -0.25) is 4.90 Å². The molecular weight excluding hydrogens is 202 g/mol. The fourth-order valence-electron chi connectivity index (χ4n) is 1.39. The van der Waals surface area contributed by atoms with Crippen molar-refractivity contribution in [2.45, 2.75) is 19.0 Å². The summed E-state index contributed by atoms with van der Waals surface area (Å²) in [4.78, 5) is 2.07. The van der Waals surface area contributed by atoms with Crippen molar-refractivity contribution in [3.8, 4) is 0 Å². The molecule has 1 saturated heterocycles. The zero-order valence-corrected chi connectivity index (χ0v) is 8.89. The first-order valence-corrected chi connectivity index (χ1v) is 3.75. The highest BCUT2D eigenvalue weighted by atomic mass is 35.5. The second-order valence-electron chi connectivity index (χ2n) is 3.23. The standard InChI is InChI=1S/C7H15FN2.2ClH/c1-7(8)2-4-10(6-7)5-3-9;;/h2-6,9H2,1H3;2*1H. The Hall–Kier alpha value is 0.430. The van der Waals surface area contributed by atoms with Gasteiger partial charge in [0.2, 0.25) is 0 Å². The van der Waals surface area contributed by atoms with Crippen LogP contribution in [-0.2, 0) is 0 Å². The number of rotatable bonds is 2. The summed E-state index contributed by atoms with van der Waals surface area (Å²) in [5.74, 6) is 0. The number of alkyl halides is 1. The van der Waals surface area contributed by atoms with Gasteiger partial charge in [-0.1, -0.05) is 0 Å². The molecule has 1 rings (SSSR count). The second-order valence-corrected chi connectivity index (χ2v) is 3.23. The molecule has 0 saturated carbocycles. The van der Waals surface area contributed by atoms with E-state index in [1.807, 2.05) is 0 Å². The van der Waals surface area contributed by atoms with Gasteiger partial charge >= 0.3 is 0 Å². The van der Waals surface area contributed by atoms with Gasteiger partial charge in [-0.15, -0.1) is 24.8 Å². The predicted molar refractivity (Wildman–Crippen MR) is 54.1 cm³/mol. The maximum absolute atomic E-state index is 13.1. The molecule has 0 amide bonds. The number of halogens is 3. The number of nitrogens with two attached hydrogens (primary N) is 1. The summed E-state index contributed by atoms with van der Waals surface area (Å²) in [6.07, 6.45) is 0.660. The van der Waals surface area contributed by atoms with Gasteiger partial charge in [-0.25, -0.2) is 4.39 Å². The second kappa shape index (κ2) is 5.97. The first-order chi connectivity index (χ1) is 4.64. The van der Waals surface area contributed by atoms with Crippen molar-refractivity contribution in [3.05, 3.63) is 0 Å². The van der Waals surface area contributed by atoms with Gasteiger partial charge in [0.05, 0.1) is 0 Å². The largest absolute Gasteiger partial charge is 0.329 e. The molecule has 0 spiro atoms. The quantitative estimate of drug-likeness (QED) is 0.756. The van der Waals surface area contributed by atoms with Crippen LogP contribution in [0.25, 0.3) is 0 Å². The molecule has 12 heavy (non-hydrogen) atoms. The number of nitrogens with zero attached hydrogens (tertiary/aromatic N) is 1. The van der Waals surface area contributed by atoms with E-state index in [2.05, 4.69) is 4.90 Å². The van der Waals surface area contributed by atoms with Gasteiger partial charge in [0, 0.05) is 26.2 Å². The Balaban J connectivity index is 0. The topological polar surface area (TPSA) is 29.3 Å². The van der Waals surface area contributed by atoms with Crippen LogP contribution < -0.4 is 5.73 Å². The van der Waals surface area contributed by atoms with E-state index < -0.39 is 5.67 Å². The summed E-state index contributed by atoms with van der Waals surface area (Å²) < 4.78 is 13.1. The fraction of sp³-hybridized carbons (Fsp3) is 1.00. The normalized spacial score (nSPS) is 29.2. The summed E-state index contributed by atoms with van der Waals surface area (Å²) in [7, 11) is 0. The van der Waals surface area contributed by atoms with E-state index in [0.29, 0.717) is 19.5 Å². The summed E-state index contributed by atoms with van der Waals surface area (Å²) in [6, 6.07) is 0. The molecule has 0 aromatic rings. The highest BCUT2D eigenvalue weighted by molar-refractivity contribution is 5.85. The lowest BCUT2D eigenvalue weighted by Gasteiger charge is -2.15. The Labute approximate surface area is 85.5 Å². The first-order valence-electron chi connectivity index (χ1n) is 3.75. The molecule has 0 aliphatic carbocycles. The van der Waals surface area contributed by atoms with Crippen LogP contribution in [0.15, 0.2) is 0 Å². The van der Waals surface area contributed by atoms with Crippen molar-refractivity contribution < 1.29 is 4.39 Å². The smallest absolute Gasteiger partial charge is 0.122 e. The third kappa shape index (κ3) is 4.45. The molecule has 1 fully saturated rings. The van der Waals surface area contributed by atoms with E-state index in [9.17, 15) is 4.39 Å². The van der Waals surface area contributed by atoms with Crippen LogP contribution in [0.3, 0.4) is 0 Å². The summed E-state index contributed by atoms with van der Waals surface area (Å²) >= 11 is 0. The van der Waals surface area contributed by atoms with Gasteiger partial charge in [0.25, 0.3) is 0 Å². The SMILES string of the molecule is CC1(F)CCN(CCN)C1.Cl.Cl. The molecule has 0 radical (unpaired) electrons. The molecular formula is C7H17Cl2FN2. The van der Waals surface area contributed by atoms with Crippen LogP contribution in [-0.4, -0.2) is 36.7 Å². The Morgan fingerprint density at radius 2 is 2.08 bits per heavy atom. The van der Waals surface area contributed by atoms with Crippen molar-refractivity contribution in [2.24, 2.45) is 5.73 Å². The zero-order valence-electron chi connectivity index (χ0n) is 7.25. The van der Waals surface area contributed by atoms with Gasteiger partial charge in [-0.05, 0) is 13.3 Å². The lowest BCUT2D eigenvalue weighted by molar-refractivity contribution is 0.190. The van der Waals surface area contributed by atoms with Gasteiger partial charge < -0.3 is 5.73 Å². The Morgan fingerprint density at radius 1 is 1.50 bits per heavy atom. The van der Waals surface area contributed by atoms with E-state index in [4.69, 9.17) is 5.73 Å². The molecule has 1 atom stereocenters. The fourth-order valence-corrected chi connectivity index (χ4v) is 1.39. The van der Waals surface area contributed by atoms with Crippen LogP contribution in [0, 0.1) is 0 Å². The molecule has 2 nitrogen and oxygen atoms in total. The van der Waals surface area contributed by atoms with E-state index in [1.165, 1.54) is 0 Å². The van der Waals surface area contributed by atoms with Crippen LogP contribution in [0.5, 0.6) is 0 Å². The highest BCUT2D eigenvalue weighted by Crippen LogP contribution is 2.23. The minimum Gasteiger partial charge on any atom is -0.329 e. The number of hydrogen-bond acceptors (Lipinski definition) is 2. The monoisotopic (exact) mass is 218 g/mol. The molecule has 1 aliphatic rings. The minimum absolute atomic E-state index is 0. The predicted octanol–water partition coefficient (Wildman–Crippen LogP) is 1.22. The average molecular weight is 219 g/mol. The molecule has 2 N–H and O–H groups in total. The van der Waals surface area contributed by atoms with Crippen molar-refractivity contribution in [2.75, 3.05) is 26.2 Å². The van der Waals surface area contributed by atoms with Crippen molar-refractivity contribution in [1.29, 1.82) is 0 Å². The van der Waals surface area contributed by atoms with Gasteiger partial charge in [0.15, 0.2) is 0 Å². The summed E-state index contributed by atoms with van der Waals surface area (Å²) in [5, 5.41) is 0. The molecule has 1 heterocycles. The zero-order chi connectivity index (χ0) is 7.61. The maximum atomic E-state index is 13.1. The van der Waals surface area contributed by atoms with E-state index in [1.54, 1.807) is 6.92 Å². The first kappa shape index (κ1) is 14.9. The lowest BCUT2D eigenvalue weighted by atomic mass is 10.1. The van der Waals surface area contributed by atoms with Crippen LogP contribution >= 0.6 is 24.8 Å². The number of hydrogen-bond donors (Lipinski definition) is 1. The van der Waals surface area contributed by atoms with Crippen molar-refractivity contribution in [3.63, 3.8) is 0 Å². The molecule has 0 aromatic heterocycles. The van der Waals surface area contributed by atoms with E-state index in [0.717, 1.165) is 13.1 Å².